The van der Waals surface area contributed by atoms with Crippen LogP contribution in [0.2, 0.25) is 0 Å². The normalized spacial score (nSPS) is 11.2. The second-order valence-electron chi connectivity index (χ2n) is 8.62. The second kappa shape index (κ2) is 10.7. The van der Waals surface area contributed by atoms with Crippen LogP contribution < -0.4 is 10.6 Å². The van der Waals surface area contributed by atoms with Gasteiger partial charge in [0.2, 0.25) is 5.95 Å². The molecule has 3 heterocycles. The number of halogens is 3. The maximum atomic E-state index is 13.9. The van der Waals surface area contributed by atoms with Crippen molar-refractivity contribution in [1.82, 2.24) is 19.9 Å². The number of carbonyl (C=O) groups is 1. The van der Waals surface area contributed by atoms with E-state index in [0.717, 1.165) is 17.2 Å². The topological polar surface area (TPSA) is 92.7 Å². The summed E-state index contributed by atoms with van der Waals surface area (Å²) in [5.41, 5.74) is 2.58. The Bertz CT molecular complexity index is 1630. The monoisotopic (exact) mass is 526 g/mol. The third kappa shape index (κ3) is 5.90. The minimum absolute atomic E-state index is 0.0163. The molecule has 1 amide bonds. The fraction of sp³-hybridized carbons (Fsp3) is 0.0690. The van der Waals surface area contributed by atoms with Gasteiger partial charge in [-0.2, -0.15) is 13.2 Å². The molecule has 5 aromatic rings. The van der Waals surface area contributed by atoms with Crippen LogP contribution in [0.15, 0.2) is 97.7 Å². The van der Waals surface area contributed by atoms with Crippen LogP contribution in [0.5, 0.6) is 0 Å². The van der Waals surface area contributed by atoms with Crippen molar-refractivity contribution in [1.29, 1.82) is 0 Å². The second-order valence-corrected chi connectivity index (χ2v) is 8.62. The van der Waals surface area contributed by atoms with E-state index in [0.29, 0.717) is 22.9 Å². The molecule has 3 aromatic heterocycles. The van der Waals surface area contributed by atoms with Gasteiger partial charge in [0, 0.05) is 59.0 Å². The molecule has 10 heteroatoms. The molecule has 2 aromatic carbocycles. The highest BCUT2D eigenvalue weighted by Gasteiger charge is 2.34. The highest BCUT2D eigenvalue weighted by Crippen LogP contribution is 2.38. The number of carbonyl (C=O) groups excluding carboxylic acids is 1. The van der Waals surface area contributed by atoms with E-state index in [1.807, 2.05) is 13.0 Å². The summed E-state index contributed by atoms with van der Waals surface area (Å²) in [5.74, 6) is -0.247. The summed E-state index contributed by atoms with van der Waals surface area (Å²) >= 11 is 0. The van der Waals surface area contributed by atoms with E-state index in [1.54, 1.807) is 61.1 Å². The molecule has 0 fully saturated rings. The van der Waals surface area contributed by atoms with Crippen LogP contribution in [0.25, 0.3) is 22.4 Å². The number of alkyl halides is 3. The van der Waals surface area contributed by atoms with Gasteiger partial charge in [-0.1, -0.05) is 18.2 Å². The smallest absolute Gasteiger partial charge is 0.324 e. The largest absolute Gasteiger partial charge is 0.417 e. The van der Waals surface area contributed by atoms with Crippen molar-refractivity contribution in [3.63, 3.8) is 0 Å². The van der Waals surface area contributed by atoms with Crippen LogP contribution in [0, 0.1) is 6.92 Å². The zero-order valence-corrected chi connectivity index (χ0v) is 20.6. The van der Waals surface area contributed by atoms with Crippen molar-refractivity contribution in [2.24, 2.45) is 0 Å². The highest BCUT2D eigenvalue weighted by molar-refractivity contribution is 6.05. The van der Waals surface area contributed by atoms with Crippen molar-refractivity contribution in [2.75, 3.05) is 10.6 Å². The van der Waals surface area contributed by atoms with E-state index in [2.05, 4.69) is 30.6 Å². The first-order valence-electron chi connectivity index (χ1n) is 11.8. The number of anilines is 3. The summed E-state index contributed by atoms with van der Waals surface area (Å²) in [7, 11) is 0. The molecular formula is C29H21F3N6O. The molecule has 0 aliphatic heterocycles. The average Bonchev–Trinajstić information content (AvgIpc) is 2.95. The predicted molar refractivity (Wildman–Crippen MR) is 142 cm³/mol. The van der Waals surface area contributed by atoms with Crippen molar-refractivity contribution < 1.29 is 18.0 Å². The van der Waals surface area contributed by atoms with Crippen molar-refractivity contribution in [3.8, 4) is 22.4 Å². The van der Waals surface area contributed by atoms with Crippen LogP contribution in [-0.4, -0.2) is 25.8 Å². The maximum Gasteiger partial charge on any atom is 0.417 e. The molecule has 0 aliphatic carbocycles. The third-order valence-electron chi connectivity index (χ3n) is 5.91. The predicted octanol–water partition coefficient (Wildman–Crippen LogP) is 6.92. The first-order chi connectivity index (χ1) is 18.8. The lowest BCUT2D eigenvalue weighted by Crippen LogP contribution is -2.14. The van der Waals surface area contributed by atoms with E-state index in [4.69, 9.17) is 0 Å². The fourth-order valence-electron chi connectivity index (χ4n) is 3.95. The van der Waals surface area contributed by atoms with Gasteiger partial charge in [0.25, 0.3) is 5.91 Å². The molecule has 0 bridgehead atoms. The van der Waals surface area contributed by atoms with E-state index in [9.17, 15) is 18.0 Å². The summed E-state index contributed by atoms with van der Waals surface area (Å²) < 4.78 is 41.6. The Morgan fingerprint density at radius 3 is 2.28 bits per heavy atom. The number of benzene rings is 2. The standard InChI is InChI=1S/C29H21F3N6O/c1-18-6-7-19(14-26(18)38-28-35-13-10-25(37-28)21-5-3-12-34-17-21)27(39)36-22-8-9-23(20-4-2-11-33-16-20)24(15-22)29(30,31)32/h2-17H,1H3,(H,36,39)(H,35,37,38). The van der Waals surface area contributed by atoms with Crippen LogP contribution in [-0.2, 0) is 6.18 Å². The van der Waals surface area contributed by atoms with Crippen molar-refractivity contribution in [2.45, 2.75) is 13.1 Å². The van der Waals surface area contributed by atoms with Crippen LogP contribution in [0.3, 0.4) is 0 Å². The molecule has 2 N–H and O–H groups in total. The van der Waals surface area contributed by atoms with Gasteiger partial charge >= 0.3 is 6.18 Å². The highest BCUT2D eigenvalue weighted by atomic mass is 19.4. The molecule has 7 nitrogen and oxygen atoms in total. The number of aryl methyl sites for hydroxylation is 1. The van der Waals surface area contributed by atoms with Crippen LogP contribution in [0.1, 0.15) is 21.5 Å². The van der Waals surface area contributed by atoms with Gasteiger partial charge in [0.1, 0.15) is 0 Å². The van der Waals surface area contributed by atoms with Gasteiger partial charge in [-0.05, 0) is 66.6 Å². The number of nitrogens with one attached hydrogen (secondary N) is 2. The number of nitrogens with zero attached hydrogens (tertiary/aromatic N) is 4. The molecule has 39 heavy (non-hydrogen) atoms. The Morgan fingerprint density at radius 1 is 0.846 bits per heavy atom. The summed E-state index contributed by atoms with van der Waals surface area (Å²) in [5, 5.41) is 5.69. The molecule has 0 spiro atoms. The number of aromatic nitrogens is 4. The molecule has 0 saturated carbocycles. The molecular weight excluding hydrogens is 505 g/mol. The SMILES string of the molecule is Cc1ccc(C(=O)Nc2ccc(-c3cccnc3)c(C(F)(F)F)c2)cc1Nc1nccc(-c2cccnc2)n1. The van der Waals surface area contributed by atoms with E-state index in [1.165, 1.54) is 24.5 Å². The zero-order valence-electron chi connectivity index (χ0n) is 20.6. The molecule has 194 valence electrons. The zero-order chi connectivity index (χ0) is 27.4. The molecule has 0 aliphatic rings. The summed E-state index contributed by atoms with van der Waals surface area (Å²) in [6, 6.07) is 17.2. The minimum atomic E-state index is -4.63. The summed E-state index contributed by atoms with van der Waals surface area (Å²) in [6.45, 7) is 1.85. The number of hydrogen-bond acceptors (Lipinski definition) is 6. The fourth-order valence-corrected chi connectivity index (χ4v) is 3.95. The Hall–Kier alpha value is -5.12. The van der Waals surface area contributed by atoms with Gasteiger partial charge in [-0.15, -0.1) is 0 Å². The lowest BCUT2D eigenvalue weighted by molar-refractivity contribution is -0.137. The minimum Gasteiger partial charge on any atom is -0.324 e. The van der Waals surface area contributed by atoms with Gasteiger partial charge in [0.05, 0.1) is 11.3 Å². The van der Waals surface area contributed by atoms with Gasteiger partial charge in [-0.25, -0.2) is 9.97 Å². The lowest BCUT2D eigenvalue weighted by atomic mass is 10.00. The quantitative estimate of drug-likeness (QED) is 0.249. The Balaban J connectivity index is 1.38. The number of pyridine rings is 2. The maximum absolute atomic E-state index is 13.9. The number of rotatable bonds is 6. The Kier molecular flexibility index (Phi) is 7.00. The summed E-state index contributed by atoms with van der Waals surface area (Å²) in [4.78, 5) is 29.8. The van der Waals surface area contributed by atoms with Crippen LogP contribution >= 0.6 is 0 Å². The van der Waals surface area contributed by atoms with Gasteiger partial charge in [0.15, 0.2) is 0 Å². The Labute approximate surface area is 221 Å². The molecule has 0 atom stereocenters. The van der Waals surface area contributed by atoms with E-state index >= 15 is 0 Å². The number of amides is 1. The average molecular weight is 527 g/mol. The molecule has 0 saturated heterocycles. The molecule has 0 unspecified atom stereocenters. The molecule has 0 radical (unpaired) electrons. The van der Waals surface area contributed by atoms with E-state index in [-0.39, 0.29) is 16.8 Å². The van der Waals surface area contributed by atoms with Crippen molar-refractivity contribution >= 4 is 23.2 Å². The first kappa shape index (κ1) is 25.5. The Morgan fingerprint density at radius 2 is 1.59 bits per heavy atom. The summed E-state index contributed by atoms with van der Waals surface area (Å²) in [6.07, 6.45) is 3.19. The van der Waals surface area contributed by atoms with Crippen molar-refractivity contribution in [3.05, 3.63) is 114 Å². The lowest BCUT2D eigenvalue weighted by Gasteiger charge is -2.16. The van der Waals surface area contributed by atoms with Gasteiger partial charge in [-0.3, -0.25) is 14.8 Å². The molecule has 5 rings (SSSR count). The number of hydrogen-bond donors (Lipinski definition) is 2. The first-order valence-corrected chi connectivity index (χ1v) is 11.8. The van der Waals surface area contributed by atoms with E-state index < -0.39 is 17.6 Å². The van der Waals surface area contributed by atoms with Crippen LogP contribution in [0.4, 0.5) is 30.5 Å². The van der Waals surface area contributed by atoms with Gasteiger partial charge < -0.3 is 10.6 Å². The third-order valence-corrected chi connectivity index (χ3v) is 5.91.